The van der Waals surface area contributed by atoms with E-state index in [-0.39, 0.29) is 5.56 Å². The molecular formula is C21H26N2O4S. The molecule has 0 atom stereocenters. The van der Waals surface area contributed by atoms with Gasteiger partial charge in [0, 0.05) is 31.1 Å². The van der Waals surface area contributed by atoms with E-state index in [1.54, 1.807) is 37.2 Å². The number of thiophene rings is 1. The van der Waals surface area contributed by atoms with Crippen molar-refractivity contribution in [2.24, 2.45) is 0 Å². The van der Waals surface area contributed by atoms with Gasteiger partial charge in [0.25, 0.3) is 5.56 Å². The summed E-state index contributed by atoms with van der Waals surface area (Å²) in [5, 5.41) is 0.673. The molecule has 0 aliphatic heterocycles. The Morgan fingerprint density at radius 2 is 1.93 bits per heavy atom. The Morgan fingerprint density at radius 1 is 1.14 bits per heavy atom. The van der Waals surface area contributed by atoms with Crippen LogP contribution < -0.4 is 10.3 Å². The first-order valence-corrected chi connectivity index (χ1v) is 10.1. The van der Waals surface area contributed by atoms with Gasteiger partial charge in [-0.05, 0) is 24.1 Å². The van der Waals surface area contributed by atoms with Crippen molar-refractivity contribution in [3.8, 4) is 16.9 Å². The van der Waals surface area contributed by atoms with E-state index >= 15 is 0 Å². The largest absolute Gasteiger partial charge is 0.497 e. The van der Waals surface area contributed by atoms with Crippen molar-refractivity contribution in [1.29, 1.82) is 0 Å². The molecule has 0 radical (unpaired) electrons. The van der Waals surface area contributed by atoms with Crippen LogP contribution in [-0.4, -0.2) is 44.1 Å². The number of rotatable bonds is 9. The van der Waals surface area contributed by atoms with Crippen LogP contribution in [0.1, 0.15) is 17.6 Å². The lowest BCUT2D eigenvalue weighted by atomic mass is 10.0. The molecule has 3 rings (SSSR count). The van der Waals surface area contributed by atoms with Gasteiger partial charge >= 0.3 is 0 Å². The highest BCUT2D eigenvalue weighted by Crippen LogP contribution is 2.37. The van der Waals surface area contributed by atoms with Crippen LogP contribution in [0.3, 0.4) is 0 Å². The van der Waals surface area contributed by atoms with Crippen LogP contribution in [0.5, 0.6) is 5.75 Å². The molecule has 2 heterocycles. The number of nitrogens with zero attached hydrogens (tertiary/aromatic N) is 2. The minimum absolute atomic E-state index is 0.0260. The average Bonchev–Trinajstić information content (AvgIpc) is 3.10. The third-order valence-electron chi connectivity index (χ3n) is 4.69. The molecule has 28 heavy (non-hydrogen) atoms. The summed E-state index contributed by atoms with van der Waals surface area (Å²) in [4.78, 5) is 20.3. The fourth-order valence-corrected chi connectivity index (χ4v) is 4.44. The quantitative estimate of drug-likeness (QED) is 0.548. The van der Waals surface area contributed by atoms with Crippen LogP contribution in [0.25, 0.3) is 21.3 Å². The van der Waals surface area contributed by atoms with Gasteiger partial charge in [0.15, 0.2) is 0 Å². The second-order valence-corrected chi connectivity index (χ2v) is 7.47. The number of ether oxygens (including phenoxy) is 3. The Morgan fingerprint density at radius 3 is 2.61 bits per heavy atom. The lowest BCUT2D eigenvalue weighted by Gasteiger charge is -2.12. The van der Waals surface area contributed by atoms with Crippen molar-refractivity contribution in [3.05, 3.63) is 45.3 Å². The van der Waals surface area contributed by atoms with E-state index in [0.717, 1.165) is 38.8 Å². The summed E-state index contributed by atoms with van der Waals surface area (Å²) in [6.07, 6.45) is 1.41. The summed E-state index contributed by atoms with van der Waals surface area (Å²) in [5.41, 5.74) is 1.91. The lowest BCUT2D eigenvalue weighted by molar-refractivity contribution is 0.180. The summed E-state index contributed by atoms with van der Waals surface area (Å²) >= 11 is 1.59. The van der Waals surface area contributed by atoms with Gasteiger partial charge in [0.05, 0.1) is 32.3 Å². The SMILES string of the molecule is CCc1sc2nc(CCOC)n(CCOC)c(=O)c2c1-c1cccc(OC)c1. The summed E-state index contributed by atoms with van der Waals surface area (Å²) in [7, 11) is 4.93. The molecule has 7 heteroatoms. The lowest BCUT2D eigenvalue weighted by Crippen LogP contribution is -2.27. The molecule has 0 bridgehead atoms. The summed E-state index contributed by atoms with van der Waals surface area (Å²) in [6, 6.07) is 7.84. The molecule has 0 saturated heterocycles. The van der Waals surface area contributed by atoms with Crippen molar-refractivity contribution < 1.29 is 14.2 Å². The molecule has 0 aliphatic carbocycles. The van der Waals surface area contributed by atoms with Crippen molar-refractivity contribution in [2.75, 3.05) is 34.5 Å². The number of hydrogen-bond donors (Lipinski definition) is 0. The molecule has 0 aliphatic rings. The van der Waals surface area contributed by atoms with E-state index in [9.17, 15) is 4.79 Å². The first-order valence-electron chi connectivity index (χ1n) is 9.31. The first-order chi connectivity index (χ1) is 13.6. The molecule has 150 valence electrons. The van der Waals surface area contributed by atoms with Gasteiger partial charge in [-0.15, -0.1) is 11.3 Å². The predicted molar refractivity (Wildman–Crippen MR) is 113 cm³/mol. The third-order valence-corrected chi connectivity index (χ3v) is 5.92. The third kappa shape index (κ3) is 3.97. The Bertz CT molecular complexity index is 1010. The van der Waals surface area contributed by atoms with E-state index < -0.39 is 0 Å². The van der Waals surface area contributed by atoms with E-state index in [1.165, 1.54) is 0 Å². The molecule has 2 aromatic heterocycles. The molecule has 0 saturated carbocycles. The molecular weight excluding hydrogens is 376 g/mol. The van der Waals surface area contributed by atoms with E-state index in [0.29, 0.717) is 31.6 Å². The highest BCUT2D eigenvalue weighted by molar-refractivity contribution is 7.19. The zero-order valence-corrected chi connectivity index (χ0v) is 17.6. The smallest absolute Gasteiger partial charge is 0.262 e. The predicted octanol–water partition coefficient (Wildman–Crippen LogP) is 3.53. The maximum Gasteiger partial charge on any atom is 0.262 e. The van der Waals surface area contributed by atoms with Crippen molar-refractivity contribution in [1.82, 2.24) is 9.55 Å². The molecule has 1 aromatic carbocycles. The van der Waals surface area contributed by atoms with Gasteiger partial charge in [-0.25, -0.2) is 4.98 Å². The second-order valence-electron chi connectivity index (χ2n) is 6.39. The number of fused-ring (bicyclic) bond motifs is 1. The fraction of sp³-hybridized carbons (Fsp3) is 0.429. The Kier molecular flexibility index (Phi) is 6.83. The Labute approximate surface area is 168 Å². The van der Waals surface area contributed by atoms with Gasteiger partial charge in [-0.2, -0.15) is 0 Å². The van der Waals surface area contributed by atoms with Gasteiger partial charge in [-0.1, -0.05) is 19.1 Å². The molecule has 3 aromatic rings. The molecule has 0 spiro atoms. The first kappa shape index (κ1) is 20.5. The topological polar surface area (TPSA) is 62.6 Å². The van der Waals surface area contributed by atoms with Crippen LogP contribution in [-0.2, 0) is 28.9 Å². The minimum Gasteiger partial charge on any atom is -0.497 e. The van der Waals surface area contributed by atoms with Crippen LogP contribution in [0, 0.1) is 0 Å². The summed E-state index contributed by atoms with van der Waals surface area (Å²) < 4.78 is 17.5. The Hall–Kier alpha value is -2.22. The maximum absolute atomic E-state index is 13.5. The molecule has 0 amide bonds. The highest BCUT2D eigenvalue weighted by atomic mass is 32.1. The number of hydrogen-bond acceptors (Lipinski definition) is 6. The number of methoxy groups -OCH3 is 3. The second kappa shape index (κ2) is 9.32. The van der Waals surface area contributed by atoms with Crippen molar-refractivity contribution in [2.45, 2.75) is 26.3 Å². The summed E-state index contributed by atoms with van der Waals surface area (Å²) in [5.74, 6) is 1.50. The fourth-order valence-electron chi connectivity index (χ4n) is 3.30. The standard InChI is InChI=1S/C21H26N2O4S/c1-5-16-18(14-7-6-8-15(13-14)27-4)19-20(28-16)22-17(9-11-25-2)23(21(19)24)10-12-26-3/h6-8,13H,5,9-12H2,1-4H3. The molecule has 0 N–H and O–H groups in total. The Balaban J connectivity index is 2.27. The van der Waals surface area contributed by atoms with Crippen LogP contribution in [0.4, 0.5) is 0 Å². The van der Waals surface area contributed by atoms with Gasteiger partial charge in [-0.3, -0.25) is 9.36 Å². The van der Waals surface area contributed by atoms with Gasteiger partial charge in [0.2, 0.25) is 0 Å². The van der Waals surface area contributed by atoms with E-state index in [1.807, 2.05) is 24.3 Å². The highest BCUT2D eigenvalue weighted by Gasteiger charge is 2.21. The van der Waals surface area contributed by atoms with Crippen molar-refractivity contribution in [3.63, 3.8) is 0 Å². The van der Waals surface area contributed by atoms with Crippen LogP contribution in [0.15, 0.2) is 29.1 Å². The van der Waals surface area contributed by atoms with Crippen LogP contribution >= 0.6 is 11.3 Å². The molecule has 6 nitrogen and oxygen atoms in total. The molecule has 0 fully saturated rings. The normalized spacial score (nSPS) is 11.3. The van der Waals surface area contributed by atoms with E-state index in [2.05, 4.69) is 6.92 Å². The number of aromatic nitrogens is 2. The number of benzene rings is 1. The zero-order chi connectivity index (χ0) is 20.1. The number of aryl methyl sites for hydroxylation is 1. The van der Waals surface area contributed by atoms with Gasteiger partial charge < -0.3 is 14.2 Å². The van der Waals surface area contributed by atoms with E-state index in [4.69, 9.17) is 19.2 Å². The van der Waals surface area contributed by atoms with Crippen molar-refractivity contribution >= 4 is 21.6 Å². The minimum atomic E-state index is -0.0260. The van der Waals surface area contributed by atoms with Crippen LogP contribution in [0.2, 0.25) is 0 Å². The summed E-state index contributed by atoms with van der Waals surface area (Å²) in [6.45, 7) is 3.53. The molecule has 0 unspecified atom stereocenters. The monoisotopic (exact) mass is 402 g/mol. The maximum atomic E-state index is 13.5. The average molecular weight is 403 g/mol. The zero-order valence-electron chi connectivity index (χ0n) is 16.8. The van der Waals surface area contributed by atoms with Gasteiger partial charge in [0.1, 0.15) is 16.4 Å².